The molecule has 1 aliphatic heterocycles. The summed E-state index contributed by atoms with van der Waals surface area (Å²) < 4.78 is 11.0. The highest BCUT2D eigenvalue weighted by molar-refractivity contribution is 5.31. The van der Waals surface area contributed by atoms with Crippen molar-refractivity contribution in [2.75, 3.05) is 31.7 Å². The van der Waals surface area contributed by atoms with Crippen LogP contribution in [-0.4, -0.2) is 42.8 Å². The Labute approximate surface area is 161 Å². The van der Waals surface area contributed by atoms with Crippen LogP contribution in [0.1, 0.15) is 32.3 Å². The minimum atomic E-state index is 0.217. The molecule has 0 amide bonds. The fourth-order valence-electron chi connectivity index (χ4n) is 3.22. The molecule has 1 fully saturated rings. The van der Waals surface area contributed by atoms with Gasteiger partial charge in [0.25, 0.3) is 0 Å². The first-order chi connectivity index (χ1) is 13.1. The number of ether oxygens (including phenoxy) is 2. The predicted octanol–water partition coefficient (Wildman–Crippen LogP) is 3.28. The quantitative estimate of drug-likeness (QED) is 0.770. The largest absolute Gasteiger partial charge is 0.497 e. The molecule has 1 saturated heterocycles. The lowest BCUT2D eigenvalue weighted by molar-refractivity contribution is 0.272. The molecule has 2 unspecified atom stereocenters. The van der Waals surface area contributed by atoms with Crippen molar-refractivity contribution in [2.45, 2.75) is 39.3 Å². The van der Waals surface area contributed by atoms with Crippen LogP contribution in [-0.2, 0) is 6.54 Å². The first-order valence-corrected chi connectivity index (χ1v) is 9.70. The van der Waals surface area contributed by atoms with Crippen molar-refractivity contribution in [1.29, 1.82) is 0 Å². The number of benzene rings is 1. The molecule has 0 bridgehead atoms. The lowest BCUT2D eigenvalue weighted by Crippen LogP contribution is -2.35. The van der Waals surface area contributed by atoms with E-state index in [1.165, 1.54) is 12.8 Å². The van der Waals surface area contributed by atoms with Gasteiger partial charge < -0.3 is 19.7 Å². The van der Waals surface area contributed by atoms with E-state index >= 15 is 0 Å². The van der Waals surface area contributed by atoms with Crippen LogP contribution in [0.15, 0.2) is 36.7 Å². The second-order valence-corrected chi connectivity index (χ2v) is 7.35. The number of aromatic nitrogens is 2. The van der Waals surface area contributed by atoms with Gasteiger partial charge in [-0.15, -0.1) is 0 Å². The number of rotatable bonds is 8. The topological polar surface area (TPSA) is 59.5 Å². The highest BCUT2D eigenvalue weighted by Crippen LogP contribution is 2.19. The molecule has 1 aliphatic rings. The van der Waals surface area contributed by atoms with Gasteiger partial charge in [0.2, 0.25) is 5.95 Å². The predicted molar refractivity (Wildman–Crippen MR) is 107 cm³/mol. The standard InChI is InChI=1S/C21H30N4O2/c1-16-5-4-10-25(14-16)21-23-12-18(13-24-21)11-22-17(2)15-27-20-8-6-19(26-3)7-9-20/h6-9,12-13,16-17,22H,4-5,10-11,14-15H2,1-3H3. The molecule has 2 heterocycles. The normalized spacial score (nSPS) is 18.2. The number of methoxy groups -OCH3 is 1. The molecule has 0 saturated carbocycles. The summed E-state index contributed by atoms with van der Waals surface area (Å²) in [6, 6.07) is 7.85. The number of hydrogen-bond donors (Lipinski definition) is 1. The van der Waals surface area contributed by atoms with Crippen LogP contribution in [0.4, 0.5) is 5.95 Å². The van der Waals surface area contributed by atoms with Crippen molar-refractivity contribution in [3.63, 3.8) is 0 Å². The first-order valence-electron chi connectivity index (χ1n) is 9.70. The van der Waals surface area contributed by atoms with Gasteiger partial charge in [-0.3, -0.25) is 0 Å². The summed E-state index contributed by atoms with van der Waals surface area (Å²) in [5.74, 6) is 3.24. The van der Waals surface area contributed by atoms with E-state index in [1.54, 1.807) is 7.11 Å². The minimum absolute atomic E-state index is 0.217. The van der Waals surface area contributed by atoms with Crippen molar-refractivity contribution in [2.24, 2.45) is 5.92 Å². The van der Waals surface area contributed by atoms with Crippen molar-refractivity contribution in [1.82, 2.24) is 15.3 Å². The Morgan fingerprint density at radius 1 is 1.19 bits per heavy atom. The molecule has 3 rings (SSSR count). The van der Waals surface area contributed by atoms with Crippen molar-refractivity contribution < 1.29 is 9.47 Å². The van der Waals surface area contributed by atoms with Gasteiger partial charge in [0, 0.05) is 43.6 Å². The zero-order valence-corrected chi connectivity index (χ0v) is 16.5. The molecular weight excluding hydrogens is 340 g/mol. The van der Waals surface area contributed by atoms with Crippen LogP contribution in [0.3, 0.4) is 0 Å². The number of piperidine rings is 1. The number of anilines is 1. The molecule has 0 aliphatic carbocycles. The summed E-state index contributed by atoms with van der Waals surface area (Å²) in [4.78, 5) is 11.4. The second kappa shape index (κ2) is 9.55. The van der Waals surface area contributed by atoms with E-state index in [0.717, 1.165) is 48.6 Å². The van der Waals surface area contributed by atoms with E-state index in [4.69, 9.17) is 9.47 Å². The Morgan fingerprint density at radius 2 is 1.89 bits per heavy atom. The third-order valence-corrected chi connectivity index (χ3v) is 4.85. The molecule has 27 heavy (non-hydrogen) atoms. The highest BCUT2D eigenvalue weighted by atomic mass is 16.5. The molecule has 1 aromatic carbocycles. The van der Waals surface area contributed by atoms with Gasteiger partial charge in [0.1, 0.15) is 18.1 Å². The Bertz CT molecular complexity index is 690. The van der Waals surface area contributed by atoms with Crippen LogP contribution >= 0.6 is 0 Å². The lowest BCUT2D eigenvalue weighted by Gasteiger charge is -2.30. The Hall–Kier alpha value is -2.34. The summed E-state index contributed by atoms with van der Waals surface area (Å²) in [5, 5.41) is 3.45. The average Bonchev–Trinajstić information content (AvgIpc) is 2.71. The van der Waals surface area contributed by atoms with E-state index < -0.39 is 0 Å². The SMILES string of the molecule is COc1ccc(OCC(C)NCc2cnc(N3CCCC(C)C3)nc2)cc1. The summed E-state index contributed by atoms with van der Waals surface area (Å²) in [6.07, 6.45) is 6.37. The fraction of sp³-hybridized carbons (Fsp3) is 0.524. The second-order valence-electron chi connectivity index (χ2n) is 7.35. The molecule has 0 spiro atoms. The highest BCUT2D eigenvalue weighted by Gasteiger charge is 2.18. The van der Waals surface area contributed by atoms with E-state index in [0.29, 0.717) is 6.61 Å². The number of nitrogens with zero attached hydrogens (tertiary/aromatic N) is 3. The summed E-state index contributed by atoms with van der Waals surface area (Å²) in [5.41, 5.74) is 1.08. The van der Waals surface area contributed by atoms with Crippen LogP contribution in [0.2, 0.25) is 0 Å². The minimum Gasteiger partial charge on any atom is -0.497 e. The van der Waals surface area contributed by atoms with Crippen molar-refractivity contribution in [3.05, 3.63) is 42.2 Å². The number of hydrogen-bond acceptors (Lipinski definition) is 6. The lowest BCUT2D eigenvalue weighted by atomic mass is 10.0. The van der Waals surface area contributed by atoms with E-state index in [-0.39, 0.29) is 6.04 Å². The smallest absolute Gasteiger partial charge is 0.225 e. The van der Waals surface area contributed by atoms with E-state index in [9.17, 15) is 0 Å². The van der Waals surface area contributed by atoms with Gasteiger partial charge >= 0.3 is 0 Å². The molecule has 0 radical (unpaired) electrons. The van der Waals surface area contributed by atoms with Crippen molar-refractivity contribution in [3.8, 4) is 11.5 Å². The van der Waals surface area contributed by atoms with Crippen molar-refractivity contribution >= 4 is 5.95 Å². The molecule has 6 heteroatoms. The van der Waals surface area contributed by atoms with Crippen LogP contribution in [0, 0.1) is 5.92 Å². The van der Waals surface area contributed by atoms with E-state index in [1.807, 2.05) is 36.7 Å². The summed E-state index contributed by atoms with van der Waals surface area (Å²) in [7, 11) is 1.66. The maximum absolute atomic E-state index is 5.81. The van der Waals surface area contributed by atoms with Gasteiger partial charge in [-0.1, -0.05) is 6.92 Å². The van der Waals surface area contributed by atoms with Crippen LogP contribution in [0.25, 0.3) is 0 Å². The van der Waals surface area contributed by atoms with Crippen LogP contribution < -0.4 is 19.7 Å². The van der Waals surface area contributed by atoms with Gasteiger partial charge in [-0.05, 0) is 49.9 Å². The molecule has 2 aromatic rings. The summed E-state index contributed by atoms with van der Waals surface area (Å²) in [6.45, 7) is 7.83. The Morgan fingerprint density at radius 3 is 2.56 bits per heavy atom. The Kier molecular flexibility index (Phi) is 6.87. The summed E-state index contributed by atoms with van der Waals surface area (Å²) >= 11 is 0. The van der Waals surface area contributed by atoms with Crippen LogP contribution in [0.5, 0.6) is 11.5 Å². The molecule has 146 valence electrons. The maximum Gasteiger partial charge on any atom is 0.225 e. The first kappa shape index (κ1) is 19.4. The molecular formula is C21H30N4O2. The number of nitrogens with one attached hydrogen (secondary N) is 1. The van der Waals surface area contributed by atoms with Gasteiger partial charge in [-0.2, -0.15) is 0 Å². The third kappa shape index (κ3) is 5.82. The monoisotopic (exact) mass is 370 g/mol. The van der Waals surface area contributed by atoms with E-state index in [2.05, 4.69) is 34.0 Å². The maximum atomic E-state index is 5.81. The molecule has 6 nitrogen and oxygen atoms in total. The molecule has 1 N–H and O–H groups in total. The van der Waals surface area contributed by atoms with Gasteiger partial charge in [0.05, 0.1) is 7.11 Å². The zero-order valence-electron chi connectivity index (χ0n) is 16.5. The van der Waals surface area contributed by atoms with Gasteiger partial charge in [0.15, 0.2) is 0 Å². The fourth-order valence-corrected chi connectivity index (χ4v) is 3.22. The average molecular weight is 370 g/mol. The molecule has 1 aromatic heterocycles. The Balaban J connectivity index is 1.42. The molecule has 2 atom stereocenters. The third-order valence-electron chi connectivity index (χ3n) is 4.85. The van der Waals surface area contributed by atoms with Gasteiger partial charge in [-0.25, -0.2) is 9.97 Å². The zero-order chi connectivity index (χ0) is 19.1.